The molecule has 4 rings (SSSR count). The maximum Gasteiger partial charge on any atom is 0.0968 e. The molecule has 0 unspecified atom stereocenters. The normalized spacial score (nSPS) is 14.4. The number of aromatic nitrogens is 4. The highest BCUT2D eigenvalue weighted by molar-refractivity contribution is 6.30. The third-order valence-electron chi connectivity index (χ3n) is 5.25. The fourth-order valence-electron chi connectivity index (χ4n) is 3.99. The zero-order valence-electron chi connectivity index (χ0n) is 16.0. The summed E-state index contributed by atoms with van der Waals surface area (Å²) in [5.74, 6) is 0. The maximum absolute atomic E-state index is 6.18. The number of nitrogens with zero attached hydrogens (tertiary/aromatic N) is 4. The van der Waals surface area contributed by atoms with Crippen molar-refractivity contribution in [3.8, 4) is 11.3 Å². The van der Waals surface area contributed by atoms with E-state index in [0.29, 0.717) is 0 Å². The SMILES string of the molecule is CN(Cc1cn(C)nc1-c1cccc(Cl)c1)Cc1n[nH]c2c1CCCCC2. The quantitative estimate of drug-likeness (QED) is 0.666. The molecule has 27 heavy (non-hydrogen) atoms. The average Bonchev–Trinajstić information content (AvgIpc) is 3.09. The van der Waals surface area contributed by atoms with E-state index in [2.05, 4.69) is 39.5 Å². The van der Waals surface area contributed by atoms with Crippen molar-refractivity contribution in [2.24, 2.45) is 7.05 Å². The van der Waals surface area contributed by atoms with Gasteiger partial charge in [0.25, 0.3) is 0 Å². The second kappa shape index (κ2) is 7.87. The number of H-pyrrole nitrogens is 1. The van der Waals surface area contributed by atoms with Gasteiger partial charge >= 0.3 is 0 Å². The van der Waals surface area contributed by atoms with Crippen LogP contribution in [0, 0.1) is 0 Å². The maximum atomic E-state index is 6.18. The minimum absolute atomic E-state index is 0.733. The van der Waals surface area contributed by atoms with E-state index in [1.165, 1.54) is 41.8 Å². The highest BCUT2D eigenvalue weighted by Crippen LogP contribution is 2.27. The molecule has 0 radical (unpaired) electrons. The van der Waals surface area contributed by atoms with Crippen molar-refractivity contribution >= 4 is 11.6 Å². The van der Waals surface area contributed by atoms with Gasteiger partial charge in [0.05, 0.1) is 11.4 Å². The van der Waals surface area contributed by atoms with Crippen LogP contribution in [0.5, 0.6) is 0 Å². The molecule has 5 nitrogen and oxygen atoms in total. The molecular formula is C21H26ClN5. The molecule has 2 aromatic heterocycles. The van der Waals surface area contributed by atoms with Crippen molar-refractivity contribution in [2.45, 2.75) is 45.2 Å². The molecule has 3 aromatic rings. The van der Waals surface area contributed by atoms with E-state index in [9.17, 15) is 0 Å². The van der Waals surface area contributed by atoms with Crippen molar-refractivity contribution in [2.75, 3.05) is 7.05 Å². The summed E-state index contributed by atoms with van der Waals surface area (Å²) in [5.41, 5.74) is 7.23. The zero-order valence-corrected chi connectivity index (χ0v) is 16.8. The van der Waals surface area contributed by atoms with Crippen LogP contribution in [0.4, 0.5) is 0 Å². The van der Waals surface area contributed by atoms with Gasteiger partial charge in [-0.3, -0.25) is 14.7 Å². The van der Waals surface area contributed by atoms with E-state index in [1.54, 1.807) is 0 Å². The van der Waals surface area contributed by atoms with Gasteiger partial charge in [-0.25, -0.2) is 0 Å². The standard InChI is InChI=1S/C21H26ClN5/c1-26(14-20-18-9-4-3-5-10-19(18)23-24-20)12-16-13-27(2)25-21(16)15-7-6-8-17(22)11-15/h6-8,11,13H,3-5,9-10,12,14H2,1-2H3,(H,23,24). The molecule has 142 valence electrons. The smallest absolute Gasteiger partial charge is 0.0968 e. The Kier molecular flexibility index (Phi) is 5.32. The van der Waals surface area contributed by atoms with Gasteiger partial charge in [-0.1, -0.05) is 30.2 Å². The lowest BCUT2D eigenvalue weighted by atomic mass is 10.1. The van der Waals surface area contributed by atoms with Crippen molar-refractivity contribution in [1.82, 2.24) is 24.9 Å². The Bertz CT molecular complexity index is 927. The first kappa shape index (κ1) is 18.3. The van der Waals surface area contributed by atoms with Crippen molar-refractivity contribution in [3.63, 3.8) is 0 Å². The van der Waals surface area contributed by atoms with Crippen molar-refractivity contribution in [1.29, 1.82) is 0 Å². The Labute approximate surface area is 165 Å². The Morgan fingerprint density at radius 1 is 1.19 bits per heavy atom. The lowest BCUT2D eigenvalue weighted by Crippen LogP contribution is -2.18. The van der Waals surface area contributed by atoms with Gasteiger partial charge in [0, 0.05) is 48.2 Å². The summed E-state index contributed by atoms with van der Waals surface area (Å²) in [6, 6.07) is 7.90. The van der Waals surface area contributed by atoms with E-state index >= 15 is 0 Å². The molecular weight excluding hydrogens is 358 g/mol. The molecule has 1 N–H and O–H groups in total. The number of benzene rings is 1. The van der Waals surface area contributed by atoms with Crippen LogP contribution < -0.4 is 0 Å². The van der Waals surface area contributed by atoms with Gasteiger partial charge in [0.15, 0.2) is 0 Å². The van der Waals surface area contributed by atoms with Crippen LogP contribution in [0.15, 0.2) is 30.5 Å². The number of rotatable bonds is 5. The summed E-state index contributed by atoms with van der Waals surface area (Å²) in [4.78, 5) is 2.31. The van der Waals surface area contributed by atoms with Crippen LogP contribution in [0.25, 0.3) is 11.3 Å². The topological polar surface area (TPSA) is 49.7 Å². The summed E-state index contributed by atoms with van der Waals surface area (Å²) in [6.45, 7) is 1.66. The molecule has 2 heterocycles. The van der Waals surface area contributed by atoms with Crippen LogP contribution in [-0.2, 0) is 33.0 Å². The van der Waals surface area contributed by atoms with E-state index < -0.39 is 0 Å². The Morgan fingerprint density at radius 3 is 2.89 bits per heavy atom. The van der Waals surface area contributed by atoms with E-state index in [4.69, 9.17) is 11.6 Å². The number of aromatic amines is 1. The molecule has 0 bridgehead atoms. The lowest BCUT2D eigenvalue weighted by Gasteiger charge is -2.16. The molecule has 1 aromatic carbocycles. The van der Waals surface area contributed by atoms with E-state index in [1.807, 2.05) is 29.9 Å². The second-order valence-corrected chi connectivity index (χ2v) is 7.98. The molecule has 1 aliphatic rings. The van der Waals surface area contributed by atoms with E-state index in [0.717, 1.165) is 42.2 Å². The molecule has 0 atom stereocenters. The first-order valence-corrected chi connectivity index (χ1v) is 10.00. The number of aryl methyl sites for hydroxylation is 2. The minimum atomic E-state index is 0.733. The first-order chi connectivity index (χ1) is 13.1. The van der Waals surface area contributed by atoms with Crippen LogP contribution in [0.3, 0.4) is 0 Å². The molecule has 0 saturated heterocycles. The molecule has 0 saturated carbocycles. The number of hydrogen-bond donors (Lipinski definition) is 1. The summed E-state index contributed by atoms with van der Waals surface area (Å²) >= 11 is 6.18. The van der Waals surface area contributed by atoms with Gasteiger partial charge in [0.2, 0.25) is 0 Å². The Morgan fingerprint density at radius 2 is 2.04 bits per heavy atom. The molecule has 0 spiro atoms. The highest BCUT2D eigenvalue weighted by atomic mass is 35.5. The lowest BCUT2D eigenvalue weighted by molar-refractivity contribution is 0.314. The number of halogens is 1. The van der Waals surface area contributed by atoms with Gasteiger partial charge in [-0.05, 0) is 50.4 Å². The molecule has 0 fully saturated rings. The van der Waals surface area contributed by atoms with Crippen molar-refractivity contribution in [3.05, 3.63) is 58.0 Å². The summed E-state index contributed by atoms with van der Waals surface area (Å²) in [6.07, 6.45) is 8.23. The molecule has 0 aliphatic heterocycles. The monoisotopic (exact) mass is 383 g/mol. The molecule has 6 heteroatoms. The number of nitrogens with one attached hydrogen (secondary N) is 1. The fourth-order valence-corrected chi connectivity index (χ4v) is 4.18. The van der Waals surface area contributed by atoms with E-state index in [-0.39, 0.29) is 0 Å². The van der Waals surface area contributed by atoms with Crippen LogP contribution in [0.1, 0.15) is 41.8 Å². The molecule has 0 amide bonds. The summed E-state index contributed by atoms with van der Waals surface area (Å²) in [5, 5.41) is 13.3. The average molecular weight is 384 g/mol. The second-order valence-electron chi connectivity index (χ2n) is 7.55. The minimum Gasteiger partial charge on any atom is -0.296 e. The predicted octanol–water partition coefficient (Wildman–Crippen LogP) is 4.36. The van der Waals surface area contributed by atoms with Gasteiger partial charge < -0.3 is 0 Å². The summed E-state index contributed by atoms with van der Waals surface area (Å²) in [7, 11) is 4.11. The first-order valence-electron chi connectivity index (χ1n) is 9.62. The Balaban J connectivity index is 1.52. The highest BCUT2D eigenvalue weighted by Gasteiger charge is 2.18. The zero-order chi connectivity index (χ0) is 18.8. The molecule has 1 aliphatic carbocycles. The number of hydrogen-bond acceptors (Lipinski definition) is 3. The van der Waals surface area contributed by atoms with Gasteiger partial charge in [-0.15, -0.1) is 0 Å². The van der Waals surface area contributed by atoms with Crippen LogP contribution in [-0.4, -0.2) is 31.9 Å². The number of fused-ring (bicyclic) bond motifs is 1. The Hall–Kier alpha value is -2.11. The third-order valence-corrected chi connectivity index (χ3v) is 5.49. The van der Waals surface area contributed by atoms with Gasteiger partial charge in [0.1, 0.15) is 0 Å². The van der Waals surface area contributed by atoms with Crippen LogP contribution in [0.2, 0.25) is 5.02 Å². The summed E-state index contributed by atoms with van der Waals surface area (Å²) < 4.78 is 1.87. The van der Waals surface area contributed by atoms with Crippen molar-refractivity contribution < 1.29 is 0 Å². The van der Waals surface area contributed by atoms with Gasteiger partial charge in [-0.2, -0.15) is 10.2 Å². The third kappa shape index (κ3) is 4.09. The fraction of sp³-hybridized carbons (Fsp3) is 0.429. The largest absolute Gasteiger partial charge is 0.296 e. The van der Waals surface area contributed by atoms with Crippen LogP contribution >= 0.6 is 11.6 Å². The predicted molar refractivity (Wildman–Crippen MR) is 109 cm³/mol.